The van der Waals surface area contributed by atoms with Gasteiger partial charge in [-0.2, -0.15) is 4.98 Å². The lowest BCUT2D eigenvalue weighted by Crippen LogP contribution is -2.48. The van der Waals surface area contributed by atoms with Crippen LogP contribution in [-0.2, 0) is 0 Å². The Balaban J connectivity index is 1.87. The maximum atomic E-state index is 4.72. The monoisotopic (exact) mass is 195 g/mol. The van der Waals surface area contributed by atoms with Crippen LogP contribution in [0.2, 0.25) is 0 Å². The fourth-order valence-electron chi connectivity index (χ4n) is 2.02. The molecular formula is C10H17N3O. The molecule has 78 valence electrons. The maximum Gasteiger partial charge on any atom is 0.213 e. The molecule has 4 unspecified atom stereocenters. The average Bonchev–Trinajstić information content (AvgIpc) is 2.69. The van der Waals surface area contributed by atoms with Crippen molar-refractivity contribution in [3.63, 3.8) is 0 Å². The van der Waals surface area contributed by atoms with Gasteiger partial charge in [0.25, 0.3) is 0 Å². The molecule has 0 aromatic carbocycles. The summed E-state index contributed by atoms with van der Waals surface area (Å²) in [6.45, 7) is 6.65. The molecule has 14 heavy (non-hydrogen) atoms. The van der Waals surface area contributed by atoms with E-state index in [0.29, 0.717) is 6.04 Å². The van der Waals surface area contributed by atoms with E-state index in [-0.39, 0.29) is 6.04 Å². The van der Waals surface area contributed by atoms with E-state index < -0.39 is 0 Å². The van der Waals surface area contributed by atoms with Crippen LogP contribution in [0, 0.1) is 11.8 Å². The van der Waals surface area contributed by atoms with Crippen LogP contribution < -0.4 is 5.32 Å². The summed E-state index contributed by atoms with van der Waals surface area (Å²) in [7, 11) is 0. The summed E-state index contributed by atoms with van der Waals surface area (Å²) in [6, 6.07) is 0.798. The molecule has 1 saturated carbocycles. The highest BCUT2D eigenvalue weighted by Gasteiger charge is 2.35. The first-order valence-corrected chi connectivity index (χ1v) is 5.20. The van der Waals surface area contributed by atoms with Crippen molar-refractivity contribution in [3.8, 4) is 0 Å². The molecule has 4 nitrogen and oxygen atoms in total. The number of hydrogen-bond acceptors (Lipinski definition) is 4. The Bertz CT molecular complexity index is 286. The molecule has 1 aliphatic carbocycles. The molecule has 1 N–H and O–H groups in total. The van der Waals surface area contributed by atoms with E-state index in [1.165, 1.54) is 12.8 Å². The van der Waals surface area contributed by atoms with Crippen LogP contribution in [0.1, 0.15) is 39.1 Å². The number of nitrogens with zero attached hydrogens (tertiary/aromatic N) is 2. The SMILES string of the molecule is CC(NC1CC(C)C1C)c1ncon1. The van der Waals surface area contributed by atoms with Crippen LogP contribution >= 0.6 is 0 Å². The molecule has 0 radical (unpaired) electrons. The van der Waals surface area contributed by atoms with Gasteiger partial charge in [0.1, 0.15) is 0 Å². The van der Waals surface area contributed by atoms with E-state index in [1.54, 1.807) is 0 Å². The van der Waals surface area contributed by atoms with Crippen molar-refractivity contribution in [3.05, 3.63) is 12.2 Å². The second-order valence-electron chi connectivity index (χ2n) is 4.36. The van der Waals surface area contributed by atoms with E-state index in [4.69, 9.17) is 4.52 Å². The van der Waals surface area contributed by atoms with Gasteiger partial charge >= 0.3 is 0 Å². The van der Waals surface area contributed by atoms with Crippen molar-refractivity contribution in [2.45, 2.75) is 39.3 Å². The summed E-state index contributed by atoms with van der Waals surface area (Å²) < 4.78 is 4.72. The lowest BCUT2D eigenvalue weighted by Gasteiger charge is -2.42. The summed E-state index contributed by atoms with van der Waals surface area (Å²) in [5.74, 6) is 2.34. The van der Waals surface area contributed by atoms with E-state index >= 15 is 0 Å². The van der Waals surface area contributed by atoms with Gasteiger partial charge in [0.05, 0.1) is 6.04 Å². The highest BCUT2D eigenvalue weighted by Crippen LogP contribution is 2.34. The number of rotatable bonds is 3. The van der Waals surface area contributed by atoms with Gasteiger partial charge in [0.2, 0.25) is 6.39 Å². The molecule has 0 amide bonds. The van der Waals surface area contributed by atoms with Crippen molar-refractivity contribution in [2.75, 3.05) is 0 Å². The third kappa shape index (κ3) is 1.66. The van der Waals surface area contributed by atoms with E-state index in [0.717, 1.165) is 17.7 Å². The molecule has 4 atom stereocenters. The lowest BCUT2D eigenvalue weighted by atomic mass is 9.71. The van der Waals surface area contributed by atoms with Crippen molar-refractivity contribution in [2.24, 2.45) is 11.8 Å². The van der Waals surface area contributed by atoms with Crippen LogP contribution in [0.5, 0.6) is 0 Å². The number of nitrogens with one attached hydrogen (secondary N) is 1. The van der Waals surface area contributed by atoms with E-state index in [2.05, 4.69) is 36.2 Å². The average molecular weight is 195 g/mol. The summed E-state index contributed by atoms with van der Waals surface area (Å²) in [4.78, 5) is 4.03. The van der Waals surface area contributed by atoms with Crippen LogP contribution in [-0.4, -0.2) is 16.2 Å². The second-order valence-corrected chi connectivity index (χ2v) is 4.36. The quantitative estimate of drug-likeness (QED) is 0.798. The zero-order valence-corrected chi connectivity index (χ0v) is 8.90. The zero-order chi connectivity index (χ0) is 10.1. The largest absolute Gasteiger partial charge is 0.343 e. The zero-order valence-electron chi connectivity index (χ0n) is 8.90. The highest BCUT2D eigenvalue weighted by molar-refractivity contribution is 4.95. The van der Waals surface area contributed by atoms with Crippen LogP contribution in [0.25, 0.3) is 0 Å². The van der Waals surface area contributed by atoms with Gasteiger partial charge in [0.15, 0.2) is 5.82 Å². The molecule has 2 rings (SSSR count). The maximum absolute atomic E-state index is 4.72. The highest BCUT2D eigenvalue weighted by atomic mass is 16.5. The predicted octanol–water partition coefficient (Wildman–Crippen LogP) is 1.76. The Morgan fingerprint density at radius 2 is 2.36 bits per heavy atom. The van der Waals surface area contributed by atoms with Gasteiger partial charge < -0.3 is 9.84 Å². The second kappa shape index (κ2) is 3.69. The fourth-order valence-corrected chi connectivity index (χ4v) is 2.02. The van der Waals surface area contributed by atoms with Crippen LogP contribution in [0.4, 0.5) is 0 Å². The molecule has 0 saturated heterocycles. The minimum atomic E-state index is 0.189. The van der Waals surface area contributed by atoms with Gasteiger partial charge in [-0.05, 0) is 25.2 Å². The number of hydrogen-bond donors (Lipinski definition) is 1. The molecule has 1 fully saturated rings. The van der Waals surface area contributed by atoms with Gasteiger partial charge in [0, 0.05) is 6.04 Å². The first-order valence-electron chi connectivity index (χ1n) is 5.20. The Labute approximate surface area is 84.1 Å². The minimum Gasteiger partial charge on any atom is -0.343 e. The third-order valence-corrected chi connectivity index (χ3v) is 3.39. The third-order valence-electron chi connectivity index (χ3n) is 3.39. The summed E-state index contributed by atoms with van der Waals surface area (Å²) >= 11 is 0. The normalized spacial score (nSPS) is 33.8. The Morgan fingerprint density at radius 3 is 2.86 bits per heavy atom. The lowest BCUT2D eigenvalue weighted by molar-refractivity contribution is 0.126. The van der Waals surface area contributed by atoms with Gasteiger partial charge in [-0.25, -0.2) is 0 Å². The number of aromatic nitrogens is 2. The van der Waals surface area contributed by atoms with Crippen molar-refractivity contribution < 1.29 is 4.52 Å². The summed E-state index contributed by atoms with van der Waals surface area (Å²) in [5.41, 5.74) is 0. The standard InChI is InChI=1S/C10H17N3O/c1-6-4-9(7(6)2)12-8(3)10-11-5-14-13-10/h5-9,12H,4H2,1-3H3. The van der Waals surface area contributed by atoms with Gasteiger partial charge in [-0.15, -0.1) is 0 Å². The Hall–Kier alpha value is -0.900. The van der Waals surface area contributed by atoms with E-state index in [1.807, 2.05) is 0 Å². The minimum absolute atomic E-state index is 0.189. The first-order chi connectivity index (χ1) is 6.68. The molecule has 1 aliphatic rings. The predicted molar refractivity (Wildman–Crippen MR) is 52.6 cm³/mol. The Kier molecular flexibility index (Phi) is 2.54. The molecule has 1 aromatic heterocycles. The van der Waals surface area contributed by atoms with Crippen molar-refractivity contribution in [1.29, 1.82) is 0 Å². The smallest absolute Gasteiger partial charge is 0.213 e. The topological polar surface area (TPSA) is 51.0 Å². The summed E-state index contributed by atoms with van der Waals surface area (Å²) in [5, 5.41) is 7.34. The van der Waals surface area contributed by atoms with Crippen molar-refractivity contribution >= 4 is 0 Å². The summed E-state index contributed by atoms with van der Waals surface area (Å²) in [6.07, 6.45) is 2.63. The van der Waals surface area contributed by atoms with E-state index in [9.17, 15) is 0 Å². The molecule has 1 heterocycles. The molecule has 4 heteroatoms. The molecule has 1 aromatic rings. The van der Waals surface area contributed by atoms with Gasteiger partial charge in [-0.1, -0.05) is 19.0 Å². The van der Waals surface area contributed by atoms with Crippen LogP contribution in [0.3, 0.4) is 0 Å². The molecule has 0 aliphatic heterocycles. The Morgan fingerprint density at radius 1 is 1.57 bits per heavy atom. The van der Waals surface area contributed by atoms with Gasteiger partial charge in [-0.3, -0.25) is 0 Å². The fraction of sp³-hybridized carbons (Fsp3) is 0.800. The first kappa shape index (κ1) is 9.65. The molecule has 0 bridgehead atoms. The van der Waals surface area contributed by atoms with Crippen LogP contribution in [0.15, 0.2) is 10.9 Å². The molecule has 0 spiro atoms. The molecular weight excluding hydrogens is 178 g/mol. The van der Waals surface area contributed by atoms with Crippen molar-refractivity contribution in [1.82, 2.24) is 15.5 Å².